The topological polar surface area (TPSA) is 63.7 Å². The van der Waals surface area contributed by atoms with Crippen molar-refractivity contribution in [2.45, 2.75) is 57.2 Å². The van der Waals surface area contributed by atoms with Crippen molar-refractivity contribution in [1.29, 1.82) is 0 Å². The molecule has 49 heavy (non-hydrogen) atoms. The van der Waals surface area contributed by atoms with Crippen molar-refractivity contribution in [3.63, 3.8) is 0 Å². The van der Waals surface area contributed by atoms with Crippen LogP contribution in [0.3, 0.4) is 0 Å². The molecule has 2 fully saturated rings. The third-order valence-corrected chi connectivity index (χ3v) is 9.31. The lowest BCUT2D eigenvalue weighted by Crippen LogP contribution is -2.38. The number of hydrogen-bond donors (Lipinski definition) is 0. The van der Waals surface area contributed by atoms with E-state index in [1.54, 1.807) is 7.11 Å². The van der Waals surface area contributed by atoms with Crippen LogP contribution >= 0.6 is 0 Å². The second-order valence-corrected chi connectivity index (χ2v) is 12.5. The summed E-state index contributed by atoms with van der Waals surface area (Å²) in [6.07, 6.45) is -5.85. The number of methoxy groups -OCH3 is 1. The van der Waals surface area contributed by atoms with Gasteiger partial charge < -0.3 is 14.4 Å². The summed E-state index contributed by atoms with van der Waals surface area (Å²) in [5, 5.41) is 0. The number of imidazole rings is 1. The number of aryl methyl sites for hydroxylation is 3. The Morgan fingerprint density at radius 2 is 1.65 bits per heavy atom. The van der Waals surface area contributed by atoms with E-state index < -0.39 is 47.3 Å². The molecule has 0 bridgehead atoms. The molecule has 8 nitrogen and oxygen atoms in total. The van der Waals surface area contributed by atoms with E-state index in [4.69, 9.17) is 14.5 Å². The number of rotatable bonds is 9. The van der Waals surface area contributed by atoms with Crippen LogP contribution in [0, 0.1) is 0 Å². The van der Waals surface area contributed by atoms with Crippen molar-refractivity contribution >= 4 is 11.9 Å². The molecular weight excluding hydrogens is 652 g/mol. The van der Waals surface area contributed by atoms with Crippen molar-refractivity contribution in [1.82, 2.24) is 14.5 Å². The number of ether oxygens (including phenoxy) is 2. The molecule has 0 unspecified atom stereocenters. The van der Waals surface area contributed by atoms with Crippen molar-refractivity contribution in [2.24, 2.45) is 14.1 Å². The highest BCUT2D eigenvalue weighted by molar-refractivity contribution is 5.76. The van der Waals surface area contributed by atoms with Crippen LogP contribution in [0.1, 0.15) is 53.2 Å². The molecule has 4 heterocycles. The van der Waals surface area contributed by atoms with Gasteiger partial charge in [-0.25, -0.2) is 18.9 Å². The Kier molecular flexibility index (Phi) is 9.01. The Morgan fingerprint density at radius 1 is 0.959 bits per heavy atom. The molecule has 0 N–H and O–H groups in total. The van der Waals surface area contributed by atoms with Gasteiger partial charge in [-0.1, -0.05) is 6.07 Å². The number of nitrogens with zero attached hydrogens (tertiary/aromatic N) is 5. The summed E-state index contributed by atoms with van der Waals surface area (Å²) in [7, 11) is 5.53. The Bertz CT molecular complexity index is 1820. The zero-order valence-corrected chi connectivity index (χ0v) is 27.4. The van der Waals surface area contributed by atoms with Crippen molar-refractivity contribution in [3.05, 3.63) is 94.7 Å². The number of anilines is 1. The predicted molar refractivity (Wildman–Crippen MR) is 168 cm³/mol. The zero-order valence-electron chi connectivity index (χ0n) is 27.4. The normalized spacial score (nSPS) is 18.1. The number of aromatic nitrogens is 3. The summed E-state index contributed by atoms with van der Waals surface area (Å²) in [6, 6.07) is 10.0. The number of carbonyl (C=O) groups excluding carboxylic acids is 1. The van der Waals surface area contributed by atoms with Crippen molar-refractivity contribution in [2.75, 3.05) is 25.1 Å². The smallest absolute Gasteiger partial charge is 0.416 e. The molecule has 4 aromatic rings. The third kappa shape index (κ3) is 6.90. The first-order valence-electron chi connectivity index (χ1n) is 15.8. The molecule has 14 heteroatoms. The standard InChI is InChI=1S/C35H36F6N5O3/c1-21-32(23-17-24(34(36,37)38)19-25(18-23)35(39,40)41)49-33(47)46(21)20-28-26(8-10-30(42-28)45-12-5-13-45)27-16-22(6-9-29(27)48-4)7-11-31-43(2)14-15-44(31)3/h6,8-10,14-19,21,32H,5,7,11-13,20H2,1-4H3/q+1/t21-,32-/m0/s1. The van der Waals surface area contributed by atoms with Gasteiger partial charge in [0.05, 0.1) is 57.0 Å². The second kappa shape index (κ2) is 12.9. The molecule has 1 amide bonds. The number of alkyl halides is 6. The first-order chi connectivity index (χ1) is 23.1. The van der Waals surface area contributed by atoms with Gasteiger partial charge in [0.15, 0.2) is 0 Å². The highest BCUT2D eigenvalue weighted by Gasteiger charge is 2.43. The van der Waals surface area contributed by atoms with Gasteiger partial charge in [-0.3, -0.25) is 4.90 Å². The minimum atomic E-state index is -5.04. The molecule has 0 saturated carbocycles. The minimum Gasteiger partial charge on any atom is -0.496 e. The number of benzene rings is 2. The predicted octanol–water partition coefficient (Wildman–Crippen LogP) is 7.04. The molecule has 2 aromatic heterocycles. The van der Waals surface area contributed by atoms with E-state index in [-0.39, 0.29) is 12.6 Å². The number of pyridine rings is 1. The van der Waals surface area contributed by atoms with Crippen LogP contribution < -0.4 is 14.2 Å². The van der Waals surface area contributed by atoms with E-state index in [0.717, 1.165) is 49.3 Å². The van der Waals surface area contributed by atoms with Gasteiger partial charge in [0.2, 0.25) is 0 Å². The van der Waals surface area contributed by atoms with E-state index in [9.17, 15) is 31.1 Å². The average Bonchev–Trinajstić information content (AvgIpc) is 3.49. The lowest BCUT2D eigenvalue weighted by molar-refractivity contribution is -0.678. The summed E-state index contributed by atoms with van der Waals surface area (Å²) < 4.78 is 97.2. The number of hydrogen-bond acceptors (Lipinski definition) is 5. The molecule has 2 aliphatic heterocycles. The lowest BCUT2D eigenvalue weighted by atomic mass is 9.96. The maximum absolute atomic E-state index is 13.6. The summed E-state index contributed by atoms with van der Waals surface area (Å²) in [4.78, 5) is 21.6. The zero-order chi connectivity index (χ0) is 35.2. The number of amides is 1. The van der Waals surface area contributed by atoms with E-state index in [1.165, 1.54) is 11.8 Å². The van der Waals surface area contributed by atoms with Crippen LogP contribution in [0.25, 0.3) is 11.1 Å². The molecule has 2 aromatic carbocycles. The Labute approximate surface area is 279 Å². The highest BCUT2D eigenvalue weighted by Crippen LogP contribution is 2.42. The van der Waals surface area contributed by atoms with Crippen molar-refractivity contribution < 1.29 is 45.2 Å². The fraction of sp³-hybridized carbons (Fsp3) is 0.400. The second-order valence-electron chi connectivity index (χ2n) is 12.5. The van der Waals surface area contributed by atoms with Crippen LogP contribution in [0.4, 0.5) is 37.0 Å². The maximum Gasteiger partial charge on any atom is 0.416 e. The molecule has 0 radical (unpaired) electrons. The van der Waals surface area contributed by atoms with Crippen LogP contribution in [0.2, 0.25) is 0 Å². The fourth-order valence-electron chi connectivity index (χ4n) is 6.39. The average molecular weight is 689 g/mol. The van der Waals surface area contributed by atoms with Gasteiger partial charge in [0.25, 0.3) is 5.82 Å². The Morgan fingerprint density at radius 3 is 2.22 bits per heavy atom. The number of carbonyl (C=O) groups is 1. The largest absolute Gasteiger partial charge is 0.496 e. The number of halogens is 6. The van der Waals surface area contributed by atoms with Crippen LogP contribution in [0.5, 0.6) is 5.75 Å². The van der Waals surface area contributed by atoms with Gasteiger partial charge in [-0.05, 0) is 73.4 Å². The van der Waals surface area contributed by atoms with Crippen molar-refractivity contribution in [3.8, 4) is 16.9 Å². The van der Waals surface area contributed by atoms with Gasteiger partial charge in [-0.15, -0.1) is 0 Å². The van der Waals surface area contributed by atoms with Gasteiger partial charge >= 0.3 is 18.4 Å². The third-order valence-electron chi connectivity index (χ3n) is 9.31. The summed E-state index contributed by atoms with van der Waals surface area (Å²) >= 11 is 0. The Hall–Kier alpha value is -4.75. The number of cyclic esters (lactones) is 1. The molecular formula is C35H36F6N5O3+. The van der Waals surface area contributed by atoms with E-state index in [0.29, 0.717) is 35.0 Å². The van der Waals surface area contributed by atoms with Crippen LogP contribution in [-0.2, 0) is 50.6 Å². The van der Waals surface area contributed by atoms with Gasteiger partial charge in [-0.2, -0.15) is 26.3 Å². The van der Waals surface area contributed by atoms with Crippen LogP contribution in [-0.4, -0.2) is 46.8 Å². The molecule has 2 atom stereocenters. The first kappa shape index (κ1) is 34.1. The SMILES string of the molecule is COc1ccc(CCc2n(C)cc[n+]2C)cc1-c1ccc(N2CCC2)nc1CN1C(=O)O[C@H](c2cc(C(F)(F)F)cc(C(F)(F)F)c2)[C@@H]1C. The lowest BCUT2D eigenvalue weighted by Gasteiger charge is -2.33. The molecule has 6 rings (SSSR count). The van der Waals surface area contributed by atoms with E-state index in [2.05, 4.69) is 14.0 Å². The summed E-state index contributed by atoms with van der Waals surface area (Å²) in [6.45, 7) is 3.04. The quantitative estimate of drug-likeness (QED) is 0.140. The minimum absolute atomic E-state index is 0.0571. The van der Waals surface area contributed by atoms with Gasteiger partial charge in [0, 0.05) is 24.2 Å². The molecule has 2 aliphatic rings. The first-order valence-corrected chi connectivity index (χ1v) is 15.8. The molecule has 0 aliphatic carbocycles. The van der Waals surface area contributed by atoms with E-state index in [1.807, 2.05) is 56.8 Å². The van der Waals surface area contributed by atoms with Gasteiger partial charge in [0.1, 0.15) is 30.1 Å². The maximum atomic E-state index is 13.6. The summed E-state index contributed by atoms with van der Waals surface area (Å²) in [5.74, 6) is 2.41. The molecule has 2 saturated heterocycles. The Balaban J connectivity index is 1.35. The fourth-order valence-corrected chi connectivity index (χ4v) is 6.39. The van der Waals surface area contributed by atoms with Crippen LogP contribution in [0.15, 0.2) is 60.9 Å². The highest BCUT2D eigenvalue weighted by atomic mass is 19.4. The molecule has 260 valence electrons. The van der Waals surface area contributed by atoms with E-state index >= 15 is 0 Å². The molecule has 0 spiro atoms. The summed E-state index contributed by atoms with van der Waals surface area (Å²) in [5.41, 5.74) is -0.412. The monoisotopic (exact) mass is 688 g/mol.